The molecule has 0 aromatic rings. The van der Waals surface area contributed by atoms with Gasteiger partial charge in [-0.2, -0.15) is 0 Å². The van der Waals surface area contributed by atoms with Crippen LogP contribution in [0, 0.1) is 0 Å². The second-order valence-electron chi connectivity index (χ2n) is 5.73. The zero-order chi connectivity index (χ0) is 16.9. The Kier molecular flexibility index (Phi) is 25.7. The normalized spacial score (nSPS) is 10.5. The maximum atomic E-state index is 10.3. The molecule has 2 nitrogen and oxygen atoms in total. The molecule has 0 bridgehead atoms. The molecule has 0 aliphatic rings. The Morgan fingerprint density at radius 2 is 1.18 bits per heavy atom. The Labute approximate surface area is 152 Å². The van der Waals surface area contributed by atoms with Crippen molar-refractivity contribution >= 4 is 28.5 Å². The van der Waals surface area contributed by atoms with E-state index in [-0.39, 0.29) is 0 Å². The molecule has 0 spiro atoms. The van der Waals surface area contributed by atoms with Gasteiger partial charge >= 0.3 is 33.4 Å². The van der Waals surface area contributed by atoms with Crippen molar-refractivity contribution < 1.29 is 9.90 Å². The van der Waals surface area contributed by atoms with Crippen LogP contribution in [0.3, 0.4) is 0 Å². The summed E-state index contributed by atoms with van der Waals surface area (Å²) in [4.78, 5) is 12.4. The molecule has 3 heteroatoms. The second-order valence-corrected chi connectivity index (χ2v) is 5.73. The summed E-state index contributed by atoms with van der Waals surface area (Å²) in [6.07, 6.45) is 21.2. The fourth-order valence-corrected chi connectivity index (χ4v) is 2.35. The first kappa shape index (κ1) is 24.3. The van der Waals surface area contributed by atoms with Gasteiger partial charge in [-0.3, -0.25) is 4.79 Å². The summed E-state index contributed by atoms with van der Waals surface area (Å²) in [6, 6.07) is 0. The Morgan fingerprint density at radius 3 is 1.64 bits per heavy atom. The van der Waals surface area contributed by atoms with Gasteiger partial charge in [-0.05, 0) is 32.1 Å². The average Bonchev–Trinajstić information content (AvgIpc) is 2.53. The van der Waals surface area contributed by atoms with Crippen molar-refractivity contribution in [2.45, 2.75) is 102 Å². The molecule has 0 aliphatic heterocycles. The standard InChI is InChI=1S/C18H34O2.CH3.Sn/c1-2-3-4-5-6-7-8-9-10-11-12-13-14-15-16-17-18(19)20;;/h9-10H,2-8,11-17H2,1H3,(H,19,20);1H3;. The molecule has 0 aliphatic carbocycles. The van der Waals surface area contributed by atoms with Gasteiger partial charge in [0.15, 0.2) is 0 Å². The summed E-state index contributed by atoms with van der Waals surface area (Å²) in [6.45, 7) is 2.26. The third-order valence-corrected chi connectivity index (χ3v) is 3.65. The molecular formula is C19H37O2Sn. The van der Waals surface area contributed by atoms with Crippen molar-refractivity contribution in [1.29, 1.82) is 0 Å². The summed E-state index contributed by atoms with van der Waals surface area (Å²) in [5.41, 5.74) is 0. The number of carboxylic acid groups (broad SMARTS) is 1. The molecule has 0 rings (SSSR count). The van der Waals surface area contributed by atoms with E-state index in [9.17, 15) is 4.79 Å². The predicted molar refractivity (Wildman–Crippen MR) is 98.7 cm³/mol. The van der Waals surface area contributed by atoms with E-state index in [4.69, 9.17) is 5.11 Å². The van der Waals surface area contributed by atoms with Crippen molar-refractivity contribution in [2.75, 3.05) is 0 Å². The summed E-state index contributed by atoms with van der Waals surface area (Å²) in [5, 5.41) is 8.51. The van der Waals surface area contributed by atoms with E-state index in [0.29, 0.717) is 6.42 Å². The monoisotopic (exact) mass is 417 g/mol. The van der Waals surface area contributed by atoms with E-state index in [1.54, 1.807) is 22.5 Å². The first-order chi connectivity index (χ1) is 10.8. The molecule has 0 aromatic carbocycles. The molecule has 0 aromatic heterocycles. The topological polar surface area (TPSA) is 37.3 Å². The van der Waals surface area contributed by atoms with E-state index in [0.717, 1.165) is 12.8 Å². The van der Waals surface area contributed by atoms with Gasteiger partial charge in [-0.1, -0.05) is 70.4 Å². The molecule has 0 heterocycles. The molecule has 0 fully saturated rings. The quantitative estimate of drug-likeness (QED) is 0.193. The van der Waals surface area contributed by atoms with E-state index in [2.05, 4.69) is 24.0 Å². The molecule has 0 saturated heterocycles. The Balaban J connectivity index is 0. The Bertz CT molecular complexity index is 240. The average molecular weight is 416 g/mol. The van der Waals surface area contributed by atoms with Crippen LogP contribution in [-0.2, 0) is 4.79 Å². The van der Waals surface area contributed by atoms with Gasteiger partial charge in [0.1, 0.15) is 0 Å². The summed E-state index contributed by atoms with van der Waals surface area (Å²) in [5.74, 6) is -0.664. The van der Waals surface area contributed by atoms with Crippen molar-refractivity contribution in [3.8, 4) is 0 Å². The molecule has 1 N–H and O–H groups in total. The first-order valence-corrected chi connectivity index (χ1v) is 12.0. The minimum atomic E-state index is -0.664. The van der Waals surface area contributed by atoms with Crippen LogP contribution >= 0.6 is 0 Å². The van der Waals surface area contributed by atoms with E-state index < -0.39 is 5.97 Å². The molecule has 0 saturated carbocycles. The molecule has 0 atom stereocenters. The fraction of sp³-hybridized carbons (Fsp3) is 0.842. The summed E-state index contributed by atoms with van der Waals surface area (Å²) in [7, 11) is 0. The molecule has 3 radical (unpaired) electrons. The van der Waals surface area contributed by atoms with Crippen molar-refractivity contribution in [2.24, 2.45) is 0 Å². The fourth-order valence-electron chi connectivity index (χ4n) is 2.35. The third kappa shape index (κ3) is 25.0. The first-order valence-electron chi connectivity index (χ1n) is 9.14. The van der Waals surface area contributed by atoms with E-state index in [1.165, 1.54) is 70.6 Å². The molecule has 129 valence electrons. The number of carboxylic acids is 1. The molecule has 0 amide bonds. The maximum absolute atomic E-state index is 10.3. The van der Waals surface area contributed by atoms with Crippen LogP contribution in [0.5, 0.6) is 0 Å². The zero-order valence-electron chi connectivity index (χ0n) is 14.9. The van der Waals surface area contributed by atoms with Gasteiger partial charge < -0.3 is 5.11 Å². The van der Waals surface area contributed by atoms with Gasteiger partial charge in [-0.25, -0.2) is 0 Å². The van der Waals surface area contributed by atoms with Crippen LogP contribution in [0.4, 0.5) is 0 Å². The molecule has 22 heavy (non-hydrogen) atoms. The number of hydrogen-bond donors (Lipinski definition) is 1. The van der Waals surface area contributed by atoms with Gasteiger partial charge in [0.05, 0.1) is 0 Å². The van der Waals surface area contributed by atoms with Crippen LogP contribution in [0.25, 0.3) is 0 Å². The number of rotatable bonds is 15. The van der Waals surface area contributed by atoms with Gasteiger partial charge in [0, 0.05) is 6.42 Å². The molecule has 0 unspecified atom stereocenters. The number of unbranched alkanes of at least 4 members (excludes halogenated alkanes) is 11. The number of allylic oxidation sites excluding steroid dienone is 2. The van der Waals surface area contributed by atoms with Gasteiger partial charge in [0.25, 0.3) is 0 Å². The van der Waals surface area contributed by atoms with Crippen molar-refractivity contribution in [3.05, 3.63) is 12.2 Å². The SMILES string of the molecule is CCCCCCCCC=CCCCCCCCC(=O)O.[CH3][Sn]. The van der Waals surface area contributed by atoms with Crippen molar-refractivity contribution in [1.82, 2.24) is 0 Å². The minimum absolute atomic E-state index is 0.332. The van der Waals surface area contributed by atoms with Crippen LogP contribution in [0.1, 0.15) is 96.8 Å². The molecular weight excluding hydrogens is 379 g/mol. The summed E-state index contributed by atoms with van der Waals surface area (Å²) >= 11 is 1.55. The summed E-state index contributed by atoms with van der Waals surface area (Å²) < 4.78 is 0. The van der Waals surface area contributed by atoms with Crippen LogP contribution < -0.4 is 0 Å². The van der Waals surface area contributed by atoms with Crippen molar-refractivity contribution in [3.63, 3.8) is 0 Å². The zero-order valence-corrected chi connectivity index (χ0v) is 17.8. The van der Waals surface area contributed by atoms with E-state index in [1.807, 2.05) is 0 Å². The second kappa shape index (κ2) is 23.3. The van der Waals surface area contributed by atoms with Gasteiger partial charge in [-0.15, -0.1) is 0 Å². The van der Waals surface area contributed by atoms with Crippen LogP contribution in [0.2, 0.25) is 4.94 Å². The Hall–Kier alpha value is 0.00870. The number of hydrogen-bond acceptors (Lipinski definition) is 1. The van der Waals surface area contributed by atoms with Crippen LogP contribution in [0.15, 0.2) is 12.2 Å². The number of carbonyl (C=O) groups is 1. The Morgan fingerprint density at radius 1 is 0.773 bits per heavy atom. The predicted octanol–water partition coefficient (Wildman–Crippen LogP) is 6.31. The van der Waals surface area contributed by atoms with Crippen LogP contribution in [-0.4, -0.2) is 33.6 Å². The van der Waals surface area contributed by atoms with Gasteiger partial charge in [0.2, 0.25) is 0 Å². The van der Waals surface area contributed by atoms with E-state index >= 15 is 0 Å². The number of aliphatic carboxylic acids is 1. The third-order valence-electron chi connectivity index (χ3n) is 3.65.